The molecule has 0 unspecified atom stereocenters. The SMILES string of the molecule is Cc1c(NC(=O)CCCN2CS/C(=C3/SC(=S)N(CCCC(=O)Nc4c(C)n(C)n(-c5ccccc5)c4=O)C3=O)C2=O)c(=O)n(-c2ccccc2)n1C. The number of thiocarbonyl (C=S) groups is 1. The Morgan fingerprint density at radius 2 is 1.17 bits per heavy atom. The van der Waals surface area contributed by atoms with Crippen molar-refractivity contribution in [1.82, 2.24) is 28.5 Å². The Bertz CT molecular complexity index is 2270. The van der Waals surface area contributed by atoms with E-state index in [-0.39, 0.29) is 83.4 Å². The third-order valence-electron chi connectivity index (χ3n) is 9.16. The van der Waals surface area contributed by atoms with Gasteiger partial charge in [0.15, 0.2) is 0 Å². The molecule has 0 aliphatic carbocycles. The van der Waals surface area contributed by atoms with Crippen molar-refractivity contribution < 1.29 is 19.2 Å². The molecule has 6 rings (SSSR count). The molecule has 276 valence electrons. The number of thioether (sulfide) groups is 2. The maximum Gasteiger partial charge on any atom is 0.295 e. The number of nitrogens with one attached hydrogen (secondary N) is 2. The second-order valence-corrected chi connectivity index (χ2v) is 15.1. The lowest BCUT2D eigenvalue weighted by molar-refractivity contribution is -0.126. The van der Waals surface area contributed by atoms with Gasteiger partial charge in [0.25, 0.3) is 22.9 Å². The zero-order chi connectivity index (χ0) is 38.0. The molecule has 4 aromatic rings. The van der Waals surface area contributed by atoms with Crippen LogP contribution in [-0.2, 0) is 33.3 Å². The Morgan fingerprint density at radius 3 is 1.66 bits per heavy atom. The fraction of sp³-hybridized carbons (Fsp3) is 0.306. The van der Waals surface area contributed by atoms with Crippen LogP contribution in [-0.4, -0.2) is 75.4 Å². The summed E-state index contributed by atoms with van der Waals surface area (Å²) in [4.78, 5) is 82.2. The van der Waals surface area contributed by atoms with Crippen molar-refractivity contribution in [3.8, 4) is 11.4 Å². The first-order chi connectivity index (χ1) is 25.4. The van der Waals surface area contributed by atoms with Gasteiger partial charge >= 0.3 is 0 Å². The second-order valence-electron chi connectivity index (χ2n) is 12.5. The number of para-hydroxylation sites is 2. The van der Waals surface area contributed by atoms with E-state index in [4.69, 9.17) is 12.2 Å². The summed E-state index contributed by atoms with van der Waals surface area (Å²) in [5, 5.41) is 5.48. The summed E-state index contributed by atoms with van der Waals surface area (Å²) < 4.78 is 6.64. The summed E-state index contributed by atoms with van der Waals surface area (Å²) in [6, 6.07) is 18.3. The third-order valence-corrected chi connectivity index (χ3v) is 11.8. The van der Waals surface area contributed by atoms with E-state index in [2.05, 4.69) is 10.6 Å². The molecule has 2 aliphatic heterocycles. The second kappa shape index (κ2) is 15.9. The summed E-state index contributed by atoms with van der Waals surface area (Å²) in [6.45, 7) is 3.97. The molecule has 0 spiro atoms. The van der Waals surface area contributed by atoms with Crippen LogP contribution in [0.4, 0.5) is 11.4 Å². The highest BCUT2D eigenvalue weighted by atomic mass is 32.2. The lowest BCUT2D eigenvalue weighted by Crippen LogP contribution is -2.31. The molecular weight excluding hydrogens is 737 g/mol. The molecule has 2 fully saturated rings. The Kier molecular flexibility index (Phi) is 11.3. The van der Waals surface area contributed by atoms with Gasteiger partial charge in [-0.1, -0.05) is 72.1 Å². The average molecular weight is 775 g/mol. The van der Waals surface area contributed by atoms with Crippen molar-refractivity contribution in [2.24, 2.45) is 14.1 Å². The third kappa shape index (κ3) is 7.54. The molecule has 4 amide bonds. The monoisotopic (exact) mass is 774 g/mol. The Morgan fingerprint density at radius 1 is 0.698 bits per heavy atom. The van der Waals surface area contributed by atoms with E-state index in [1.54, 1.807) is 54.3 Å². The van der Waals surface area contributed by atoms with Crippen LogP contribution in [0.15, 0.2) is 80.1 Å². The summed E-state index contributed by atoms with van der Waals surface area (Å²) >= 11 is 7.78. The van der Waals surface area contributed by atoms with E-state index in [0.29, 0.717) is 44.3 Å². The zero-order valence-corrected chi connectivity index (χ0v) is 32.0. The van der Waals surface area contributed by atoms with E-state index < -0.39 is 0 Å². The van der Waals surface area contributed by atoms with E-state index in [0.717, 1.165) is 11.8 Å². The molecule has 0 atom stereocenters. The van der Waals surface area contributed by atoms with Crippen LogP contribution in [0.25, 0.3) is 11.4 Å². The highest BCUT2D eigenvalue weighted by Crippen LogP contribution is 2.41. The minimum absolute atomic E-state index is 0.0457. The molecule has 2 aromatic carbocycles. The van der Waals surface area contributed by atoms with E-state index >= 15 is 0 Å². The molecule has 14 nitrogen and oxygen atoms in total. The number of carbonyl (C=O) groups excluding carboxylic acids is 4. The van der Waals surface area contributed by atoms with Crippen LogP contribution in [0.2, 0.25) is 0 Å². The normalized spacial score (nSPS) is 15.9. The lowest BCUT2D eigenvalue weighted by atomic mass is 10.2. The number of carbonyl (C=O) groups is 4. The first kappa shape index (κ1) is 37.6. The van der Waals surface area contributed by atoms with Crippen LogP contribution in [0.3, 0.4) is 0 Å². The smallest absolute Gasteiger partial charge is 0.295 e. The van der Waals surface area contributed by atoms with Gasteiger partial charge in [0, 0.05) is 40.0 Å². The number of benzene rings is 2. The first-order valence-electron chi connectivity index (χ1n) is 16.9. The predicted molar refractivity (Wildman–Crippen MR) is 210 cm³/mol. The quantitative estimate of drug-likeness (QED) is 0.161. The molecule has 2 aromatic heterocycles. The van der Waals surface area contributed by atoms with E-state index in [9.17, 15) is 28.8 Å². The molecule has 0 saturated carbocycles. The highest BCUT2D eigenvalue weighted by molar-refractivity contribution is 8.27. The average Bonchev–Trinajstić information content (AvgIpc) is 3.78. The minimum atomic E-state index is -0.387. The fourth-order valence-corrected chi connectivity index (χ4v) is 8.68. The van der Waals surface area contributed by atoms with Crippen molar-refractivity contribution in [2.45, 2.75) is 39.5 Å². The molecule has 53 heavy (non-hydrogen) atoms. The molecule has 0 radical (unpaired) electrons. The first-order valence-corrected chi connectivity index (χ1v) is 19.1. The minimum Gasteiger partial charge on any atom is -0.329 e. The predicted octanol–water partition coefficient (Wildman–Crippen LogP) is 4.02. The van der Waals surface area contributed by atoms with Crippen LogP contribution < -0.4 is 21.8 Å². The number of hydrogen-bond donors (Lipinski definition) is 2. The van der Waals surface area contributed by atoms with Gasteiger partial charge in [-0.3, -0.25) is 43.0 Å². The maximum atomic E-state index is 13.4. The number of aromatic nitrogens is 4. The van der Waals surface area contributed by atoms with Gasteiger partial charge in [-0.15, -0.1) is 0 Å². The van der Waals surface area contributed by atoms with Crippen molar-refractivity contribution in [3.05, 3.63) is 103 Å². The molecular formula is C36H38N8O6S3. The van der Waals surface area contributed by atoms with E-state index in [1.165, 1.54) is 26.0 Å². The molecule has 2 N–H and O–H groups in total. The highest BCUT2D eigenvalue weighted by Gasteiger charge is 2.39. The van der Waals surface area contributed by atoms with Crippen LogP contribution >= 0.6 is 35.7 Å². The van der Waals surface area contributed by atoms with Gasteiger partial charge in [-0.05, 0) is 51.0 Å². The summed E-state index contributed by atoms with van der Waals surface area (Å²) in [5.41, 5.74) is 2.28. The molecule has 2 saturated heterocycles. The topological polar surface area (TPSA) is 153 Å². The van der Waals surface area contributed by atoms with Crippen molar-refractivity contribution in [2.75, 3.05) is 29.6 Å². The standard InChI is InChI=1S/C36H38N8O6S3/c1-22-28(32(47)43(39(22)3)24-13-7-5-8-14-24)37-26(45)17-11-19-41-21-52-30(34(41)49)31-35(50)42(36(51)53-31)20-12-18-27(46)38-29-23(2)40(4)44(33(29)48)25-15-9-6-10-16-25/h5-10,13-16H,11-12,17-21H2,1-4H3,(H,37,45)(H,38,46)/b31-30+. The van der Waals surface area contributed by atoms with Crippen molar-refractivity contribution in [1.29, 1.82) is 0 Å². The Labute approximate surface area is 318 Å². The van der Waals surface area contributed by atoms with Gasteiger partial charge < -0.3 is 15.5 Å². The number of nitrogens with zero attached hydrogens (tertiary/aromatic N) is 6. The fourth-order valence-electron chi connectivity index (χ4n) is 6.12. The summed E-state index contributed by atoms with van der Waals surface area (Å²) in [5.74, 6) is -1.08. The summed E-state index contributed by atoms with van der Waals surface area (Å²) in [7, 11) is 3.49. The van der Waals surface area contributed by atoms with Crippen LogP contribution in [0.5, 0.6) is 0 Å². The number of anilines is 2. The molecule has 0 bridgehead atoms. The van der Waals surface area contributed by atoms with Gasteiger partial charge in [0.05, 0.1) is 38.4 Å². The maximum absolute atomic E-state index is 13.4. The molecule has 17 heteroatoms. The Hall–Kier alpha value is -5.13. The lowest BCUT2D eigenvalue weighted by Gasteiger charge is -2.14. The Balaban J connectivity index is 0.994. The van der Waals surface area contributed by atoms with Gasteiger partial charge in [0.1, 0.15) is 15.7 Å². The van der Waals surface area contributed by atoms with Gasteiger partial charge in [-0.25, -0.2) is 9.36 Å². The van der Waals surface area contributed by atoms with E-state index in [1.807, 2.05) is 48.5 Å². The number of hydrogen-bond acceptors (Lipinski definition) is 9. The van der Waals surface area contributed by atoms with Crippen molar-refractivity contribution >= 4 is 75.1 Å². The molecule has 4 heterocycles. The van der Waals surface area contributed by atoms with Crippen LogP contribution in [0, 0.1) is 13.8 Å². The number of amides is 4. The summed E-state index contributed by atoms with van der Waals surface area (Å²) in [6.07, 6.45) is 0.781. The van der Waals surface area contributed by atoms with Gasteiger partial charge in [0.2, 0.25) is 11.8 Å². The molecule has 2 aliphatic rings. The zero-order valence-electron chi connectivity index (χ0n) is 29.6. The van der Waals surface area contributed by atoms with Crippen LogP contribution in [0.1, 0.15) is 37.1 Å². The van der Waals surface area contributed by atoms with Gasteiger partial charge in [-0.2, -0.15) is 0 Å². The largest absolute Gasteiger partial charge is 0.329 e. The van der Waals surface area contributed by atoms with Crippen molar-refractivity contribution in [3.63, 3.8) is 0 Å². The number of rotatable bonds is 12.